The summed E-state index contributed by atoms with van der Waals surface area (Å²) in [4.78, 5) is 4.96. The first kappa shape index (κ1) is 23.3. The van der Waals surface area contributed by atoms with Crippen molar-refractivity contribution in [2.24, 2.45) is 0 Å². The van der Waals surface area contributed by atoms with Gasteiger partial charge in [-0.3, -0.25) is 9.80 Å². The number of fused-ring (bicyclic) bond motifs is 3. The number of nitrogens with zero attached hydrogens (tertiary/aromatic N) is 3. The number of piperazine rings is 1. The molecular formula is C27H36ClN3O. The van der Waals surface area contributed by atoms with Gasteiger partial charge in [0.15, 0.2) is 0 Å². The molecule has 172 valence electrons. The lowest BCUT2D eigenvalue weighted by atomic mass is 9.95. The highest BCUT2D eigenvalue weighted by molar-refractivity contribution is 5.86. The summed E-state index contributed by atoms with van der Waals surface area (Å²) in [5.41, 5.74) is 7.02. The minimum absolute atomic E-state index is 0. The number of benzene rings is 2. The minimum Gasteiger partial charge on any atom is -0.390 e. The van der Waals surface area contributed by atoms with Crippen molar-refractivity contribution in [3.05, 3.63) is 70.9 Å². The van der Waals surface area contributed by atoms with Crippen molar-refractivity contribution < 1.29 is 5.11 Å². The summed E-state index contributed by atoms with van der Waals surface area (Å²) in [5.74, 6) is 0. The Hall–Kier alpha value is -1.85. The van der Waals surface area contributed by atoms with Gasteiger partial charge in [-0.2, -0.15) is 0 Å². The van der Waals surface area contributed by atoms with Gasteiger partial charge in [0.05, 0.1) is 12.6 Å². The van der Waals surface area contributed by atoms with Gasteiger partial charge >= 0.3 is 0 Å². The van der Waals surface area contributed by atoms with Gasteiger partial charge in [0.2, 0.25) is 0 Å². The molecule has 0 amide bonds. The van der Waals surface area contributed by atoms with Crippen LogP contribution in [0.1, 0.15) is 35.2 Å². The van der Waals surface area contributed by atoms with Gasteiger partial charge in [-0.15, -0.1) is 12.4 Å². The lowest BCUT2D eigenvalue weighted by Crippen LogP contribution is -2.48. The van der Waals surface area contributed by atoms with Gasteiger partial charge in [0, 0.05) is 55.9 Å². The monoisotopic (exact) mass is 453 g/mol. The van der Waals surface area contributed by atoms with E-state index in [1.54, 1.807) is 0 Å². The normalized spacial score (nSPS) is 18.3. The molecule has 5 heteroatoms. The van der Waals surface area contributed by atoms with Crippen LogP contribution in [0.15, 0.2) is 48.5 Å². The summed E-state index contributed by atoms with van der Waals surface area (Å²) in [6.07, 6.45) is 4.55. The van der Waals surface area contributed by atoms with E-state index >= 15 is 0 Å². The molecule has 1 atom stereocenters. The summed E-state index contributed by atoms with van der Waals surface area (Å²) >= 11 is 0. The first-order valence-corrected chi connectivity index (χ1v) is 11.9. The molecule has 0 spiro atoms. The standard InChI is InChI=1S/C27H35N3O.ClH/c1-21-11-12-27-25(17-21)24-9-5-6-10-26(24)30(27)20-23(31)19-29-15-13-28(14-16-29)18-22-7-3-2-4-8-22;/h2-4,7-8,11-12,17,23,31H,5-6,9-10,13-16,18-20H2,1H3;1H. The molecule has 2 aliphatic rings. The van der Waals surface area contributed by atoms with Gasteiger partial charge in [0.1, 0.15) is 0 Å². The van der Waals surface area contributed by atoms with Crippen molar-refractivity contribution >= 4 is 23.3 Å². The highest BCUT2D eigenvalue weighted by Gasteiger charge is 2.23. The number of aliphatic hydroxyl groups excluding tert-OH is 1. The molecule has 0 radical (unpaired) electrons. The Balaban J connectivity index is 0.00000245. The van der Waals surface area contributed by atoms with Crippen LogP contribution in [-0.2, 0) is 25.9 Å². The molecule has 0 bridgehead atoms. The molecule has 3 aromatic rings. The van der Waals surface area contributed by atoms with Crippen LogP contribution in [0.3, 0.4) is 0 Å². The quantitative estimate of drug-likeness (QED) is 0.599. The Kier molecular flexibility index (Phi) is 7.57. The zero-order chi connectivity index (χ0) is 21.2. The van der Waals surface area contributed by atoms with Crippen molar-refractivity contribution in [3.63, 3.8) is 0 Å². The molecule has 5 rings (SSSR count). The van der Waals surface area contributed by atoms with Crippen molar-refractivity contribution in [1.82, 2.24) is 14.4 Å². The molecule has 32 heavy (non-hydrogen) atoms. The van der Waals surface area contributed by atoms with Crippen LogP contribution in [-0.4, -0.2) is 58.3 Å². The number of hydrogen-bond donors (Lipinski definition) is 1. The molecule has 1 aliphatic carbocycles. The molecule has 2 heterocycles. The molecule has 0 saturated carbocycles. The number of β-amino-alcohol motifs (C(OH)–C–C–N with tert-alkyl or cyclic N) is 1. The van der Waals surface area contributed by atoms with Crippen molar-refractivity contribution in [1.29, 1.82) is 0 Å². The van der Waals surface area contributed by atoms with E-state index in [0.717, 1.165) is 45.7 Å². The molecule has 1 aliphatic heterocycles. The fourth-order valence-corrected chi connectivity index (χ4v) is 5.50. The van der Waals surface area contributed by atoms with E-state index in [-0.39, 0.29) is 18.5 Å². The number of hydrogen-bond acceptors (Lipinski definition) is 3. The third-order valence-corrected chi connectivity index (χ3v) is 7.11. The molecule has 1 fully saturated rings. The summed E-state index contributed by atoms with van der Waals surface area (Å²) in [6, 6.07) is 17.5. The fraction of sp³-hybridized carbons (Fsp3) is 0.481. The van der Waals surface area contributed by atoms with E-state index < -0.39 is 0 Å². The Morgan fingerprint density at radius 1 is 0.875 bits per heavy atom. The molecule has 1 N–H and O–H groups in total. The number of aromatic nitrogens is 1. The summed E-state index contributed by atoms with van der Waals surface area (Å²) in [5, 5.41) is 12.4. The Morgan fingerprint density at radius 3 is 2.38 bits per heavy atom. The van der Waals surface area contributed by atoms with E-state index in [4.69, 9.17) is 0 Å². The van der Waals surface area contributed by atoms with Crippen LogP contribution in [0, 0.1) is 6.92 Å². The highest BCUT2D eigenvalue weighted by Crippen LogP contribution is 2.33. The van der Waals surface area contributed by atoms with Crippen LogP contribution in [0.25, 0.3) is 10.9 Å². The molecule has 4 nitrogen and oxygen atoms in total. The van der Waals surface area contributed by atoms with Gasteiger partial charge < -0.3 is 9.67 Å². The minimum atomic E-state index is -0.330. The van der Waals surface area contributed by atoms with E-state index in [1.165, 1.54) is 52.5 Å². The van der Waals surface area contributed by atoms with Crippen molar-refractivity contribution in [2.75, 3.05) is 32.7 Å². The highest BCUT2D eigenvalue weighted by atomic mass is 35.5. The SMILES string of the molecule is Cc1ccc2c(c1)c1c(n2CC(O)CN2CCN(Cc3ccccc3)CC2)CCCC1.Cl. The van der Waals surface area contributed by atoms with E-state index in [0.29, 0.717) is 6.54 Å². The molecule has 1 unspecified atom stereocenters. The van der Waals surface area contributed by atoms with E-state index in [1.807, 2.05) is 0 Å². The number of aliphatic hydroxyl groups is 1. The summed E-state index contributed by atoms with van der Waals surface area (Å²) in [6.45, 7) is 8.89. The van der Waals surface area contributed by atoms with E-state index in [2.05, 4.69) is 69.8 Å². The number of halogens is 1. The topological polar surface area (TPSA) is 31.6 Å². The van der Waals surface area contributed by atoms with Gasteiger partial charge in [0.25, 0.3) is 0 Å². The molecule has 1 saturated heterocycles. The lowest BCUT2D eigenvalue weighted by Gasteiger charge is -2.35. The van der Waals surface area contributed by atoms with Crippen molar-refractivity contribution in [2.45, 2.75) is 51.8 Å². The first-order valence-electron chi connectivity index (χ1n) is 11.9. The first-order chi connectivity index (χ1) is 15.2. The Morgan fingerprint density at radius 2 is 1.59 bits per heavy atom. The predicted molar refractivity (Wildman–Crippen MR) is 135 cm³/mol. The molecular weight excluding hydrogens is 418 g/mol. The Labute approximate surface area is 198 Å². The second-order valence-corrected chi connectivity index (χ2v) is 9.48. The van der Waals surface area contributed by atoms with Crippen LogP contribution >= 0.6 is 12.4 Å². The molecule has 1 aromatic heterocycles. The summed E-state index contributed by atoms with van der Waals surface area (Å²) < 4.78 is 2.43. The van der Waals surface area contributed by atoms with Crippen LogP contribution in [0.5, 0.6) is 0 Å². The zero-order valence-electron chi connectivity index (χ0n) is 19.2. The summed E-state index contributed by atoms with van der Waals surface area (Å²) in [7, 11) is 0. The van der Waals surface area contributed by atoms with Crippen LogP contribution in [0.2, 0.25) is 0 Å². The van der Waals surface area contributed by atoms with Gasteiger partial charge in [-0.25, -0.2) is 0 Å². The average molecular weight is 454 g/mol. The number of rotatable bonds is 6. The average Bonchev–Trinajstić information content (AvgIpc) is 3.09. The maximum Gasteiger partial charge on any atom is 0.0845 e. The maximum atomic E-state index is 11.0. The maximum absolute atomic E-state index is 11.0. The third-order valence-electron chi connectivity index (χ3n) is 7.11. The largest absolute Gasteiger partial charge is 0.390 e. The second-order valence-electron chi connectivity index (χ2n) is 9.48. The smallest absolute Gasteiger partial charge is 0.0845 e. The fourth-order valence-electron chi connectivity index (χ4n) is 5.50. The predicted octanol–water partition coefficient (Wildman–Crippen LogP) is 4.43. The van der Waals surface area contributed by atoms with Crippen LogP contribution in [0.4, 0.5) is 0 Å². The second kappa shape index (κ2) is 10.4. The van der Waals surface area contributed by atoms with E-state index in [9.17, 15) is 5.11 Å². The van der Waals surface area contributed by atoms with Crippen LogP contribution < -0.4 is 0 Å². The lowest BCUT2D eigenvalue weighted by molar-refractivity contribution is 0.0624. The van der Waals surface area contributed by atoms with Gasteiger partial charge in [-0.05, 0) is 55.9 Å². The van der Waals surface area contributed by atoms with Crippen molar-refractivity contribution in [3.8, 4) is 0 Å². The third kappa shape index (κ3) is 5.04. The number of aryl methyl sites for hydroxylation is 2. The zero-order valence-corrected chi connectivity index (χ0v) is 20.0. The Bertz CT molecular complexity index is 1020. The molecule has 2 aromatic carbocycles. The van der Waals surface area contributed by atoms with Gasteiger partial charge in [-0.1, -0.05) is 42.0 Å².